The van der Waals surface area contributed by atoms with Gasteiger partial charge in [-0.3, -0.25) is 4.79 Å². The summed E-state index contributed by atoms with van der Waals surface area (Å²) in [4.78, 5) is 11.0. The van der Waals surface area contributed by atoms with E-state index in [1.54, 1.807) is 12.1 Å². The molecule has 0 saturated carbocycles. The molecule has 1 aliphatic heterocycles. The molecule has 1 aliphatic rings. The van der Waals surface area contributed by atoms with Crippen LogP contribution in [0.3, 0.4) is 0 Å². The standard InChI is InChI=1S/C9H5ClN2O/c10-7-1-5-3-8(13)12-9(5)6(2-7)4-11/h1-2H,3H2,(H,12,13). The normalized spacial score (nSPS) is 13.4. The zero-order valence-electron chi connectivity index (χ0n) is 6.60. The Labute approximate surface area is 79.9 Å². The molecule has 1 amide bonds. The molecule has 1 heterocycles. The monoisotopic (exact) mass is 192 g/mol. The first kappa shape index (κ1) is 8.09. The van der Waals surface area contributed by atoms with E-state index in [-0.39, 0.29) is 5.91 Å². The summed E-state index contributed by atoms with van der Waals surface area (Å²) in [5, 5.41) is 11.9. The van der Waals surface area contributed by atoms with Crippen molar-refractivity contribution in [2.75, 3.05) is 5.32 Å². The number of nitrogens with one attached hydrogen (secondary N) is 1. The van der Waals surface area contributed by atoms with E-state index < -0.39 is 0 Å². The Bertz CT molecular complexity index is 434. The highest BCUT2D eigenvalue weighted by molar-refractivity contribution is 6.31. The van der Waals surface area contributed by atoms with Crippen LogP contribution in [0, 0.1) is 11.3 Å². The molecular formula is C9H5ClN2O. The highest BCUT2D eigenvalue weighted by atomic mass is 35.5. The van der Waals surface area contributed by atoms with Gasteiger partial charge in [0.2, 0.25) is 5.91 Å². The van der Waals surface area contributed by atoms with Crippen LogP contribution in [0.5, 0.6) is 0 Å². The van der Waals surface area contributed by atoms with Crippen molar-refractivity contribution in [2.24, 2.45) is 0 Å². The Morgan fingerprint density at radius 3 is 3.00 bits per heavy atom. The van der Waals surface area contributed by atoms with Crippen LogP contribution in [0.4, 0.5) is 5.69 Å². The number of rotatable bonds is 0. The Kier molecular flexibility index (Phi) is 1.71. The van der Waals surface area contributed by atoms with Crippen LogP contribution >= 0.6 is 11.6 Å². The highest BCUT2D eigenvalue weighted by Gasteiger charge is 2.21. The zero-order valence-corrected chi connectivity index (χ0v) is 7.35. The molecular weight excluding hydrogens is 188 g/mol. The minimum atomic E-state index is -0.0891. The average Bonchev–Trinajstić information content (AvgIpc) is 2.43. The molecule has 1 N–H and O–H groups in total. The Morgan fingerprint density at radius 2 is 2.31 bits per heavy atom. The second-order valence-corrected chi connectivity index (χ2v) is 3.26. The first-order valence-electron chi connectivity index (χ1n) is 3.73. The lowest BCUT2D eigenvalue weighted by Gasteiger charge is -2.00. The second-order valence-electron chi connectivity index (χ2n) is 2.82. The number of benzene rings is 1. The number of hydrogen-bond donors (Lipinski definition) is 1. The lowest BCUT2D eigenvalue weighted by molar-refractivity contribution is -0.115. The number of halogens is 1. The molecule has 13 heavy (non-hydrogen) atoms. The molecule has 64 valence electrons. The number of nitriles is 1. The molecule has 2 rings (SSSR count). The van der Waals surface area contributed by atoms with Crippen molar-refractivity contribution in [2.45, 2.75) is 6.42 Å². The quantitative estimate of drug-likeness (QED) is 0.680. The first-order valence-corrected chi connectivity index (χ1v) is 4.11. The number of hydrogen-bond acceptors (Lipinski definition) is 2. The summed E-state index contributed by atoms with van der Waals surface area (Å²) in [6.45, 7) is 0. The van der Waals surface area contributed by atoms with Crippen LogP contribution in [0.1, 0.15) is 11.1 Å². The fourth-order valence-corrected chi connectivity index (χ4v) is 1.64. The third-order valence-electron chi connectivity index (χ3n) is 1.92. The minimum Gasteiger partial charge on any atom is -0.324 e. The third-order valence-corrected chi connectivity index (χ3v) is 2.14. The van der Waals surface area contributed by atoms with E-state index >= 15 is 0 Å². The molecule has 0 fully saturated rings. The van der Waals surface area contributed by atoms with Crippen molar-refractivity contribution in [1.82, 2.24) is 0 Å². The molecule has 0 bridgehead atoms. The Balaban J connectivity index is 2.64. The SMILES string of the molecule is N#Cc1cc(Cl)cc2c1NC(=O)C2. The summed E-state index contributed by atoms with van der Waals surface area (Å²) in [5.41, 5.74) is 1.83. The highest BCUT2D eigenvalue weighted by Crippen LogP contribution is 2.29. The lowest BCUT2D eigenvalue weighted by atomic mass is 10.1. The van der Waals surface area contributed by atoms with Gasteiger partial charge < -0.3 is 5.32 Å². The van der Waals surface area contributed by atoms with Crippen molar-refractivity contribution >= 4 is 23.2 Å². The van der Waals surface area contributed by atoms with E-state index in [0.717, 1.165) is 5.56 Å². The van der Waals surface area contributed by atoms with Gasteiger partial charge in [0.05, 0.1) is 17.7 Å². The summed E-state index contributed by atoms with van der Waals surface area (Å²) < 4.78 is 0. The molecule has 0 unspecified atom stereocenters. The summed E-state index contributed by atoms with van der Waals surface area (Å²) in [5.74, 6) is -0.0891. The summed E-state index contributed by atoms with van der Waals surface area (Å²) in [6.07, 6.45) is 0.310. The van der Waals surface area contributed by atoms with E-state index in [9.17, 15) is 4.79 Å². The van der Waals surface area contributed by atoms with Crippen LogP contribution < -0.4 is 5.32 Å². The number of anilines is 1. The third kappa shape index (κ3) is 1.25. The molecule has 0 aromatic heterocycles. The molecule has 0 spiro atoms. The maximum atomic E-state index is 11.0. The number of nitrogens with zero attached hydrogens (tertiary/aromatic N) is 1. The largest absolute Gasteiger partial charge is 0.324 e. The van der Waals surface area contributed by atoms with E-state index in [2.05, 4.69) is 5.32 Å². The molecule has 4 heteroatoms. The van der Waals surface area contributed by atoms with Gasteiger partial charge in [-0.05, 0) is 17.7 Å². The van der Waals surface area contributed by atoms with Crippen molar-refractivity contribution in [3.8, 4) is 6.07 Å². The van der Waals surface area contributed by atoms with Gasteiger partial charge in [0, 0.05) is 5.02 Å². The maximum Gasteiger partial charge on any atom is 0.228 e. The predicted octanol–water partition coefficient (Wildman–Crippen LogP) is 1.71. The molecule has 0 saturated heterocycles. The van der Waals surface area contributed by atoms with E-state index in [1.165, 1.54) is 0 Å². The number of fused-ring (bicyclic) bond motifs is 1. The smallest absolute Gasteiger partial charge is 0.228 e. The molecule has 0 aliphatic carbocycles. The van der Waals surface area contributed by atoms with Gasteiger partial charge in [-0.25, -0.2) is 0 Å². The van der Waals surface area contributed by atoms with Crippen LogP contribution in [-0.4, -0.2) is 5.91 Å². The van der Waals surface area contributed by atoms with Gasteiger partial charge in [0.1, 0.15) is 6.07 Å². The van der Waals surface area contributed by atoms with E-state index in [1.807, 2.05) is 6.07 Å². The minimum absolute atomic E-state index is 0.0891. The topological polar surface area (TPSA) is 52.9 Å². The summed E-state index contributed by atoms with van der Waals surface area (Å²) in [6, 6.07) is 5.24. The number of carbonyl (C=O) groups is 1. The zero-order chi connectivity index (χ0) is 9.42. The van der Waals surface area contributed by atoms with Gasteiger partial charge in [-0.1, -0.05) is 11.6 Å². The van der Waals surface area contributed by atoms with Crippen molar-refractivity contribution in [3.63, 3.8) is 0 Å². The lowest BCUT2D eigenvalue weighted by Crippen LogP contribution is -2.04. The van der Waals surface area contributed by atoms with E-state index in [4.69, 9.17) is 16.9 Å². The van der Waals surface area contributed by atoms with Gasteiger partial charge in [-0.15, -0.1) is 0 Å². The second kappa shape index (κ2) is 2.75. The molecule has 0 atom stereocenters. The number of carbonyl (C=O) groups excluding carboxylic acids is 1. The predicted molar refractivity (Wildman–Crippen MR) is 48.5 cm³/mol. The molecule has 0 radical (unpaired) electrons. The van der Waals surface area contributed by atoms with Crippen molar-refractivity contribution in [1.29, 1.82) is 5.26 Å². The van der Waals surface area contributed by atoms with Gasteiger partial charge in [-0.2, -0.15) is 5.26 Å². The Hall–Kier alpha value is -1.53. The van der Waals surface area contributed by atoms with Crippen LogP contribution in [0.2, 0.25) is 5.02 Å². The van der Waals surface area contributed by atoms with Crippen LogP contribution in [0.25, 0.3) is 0 Å². The fraction of sp³-hybridized carbons (Fsp3) is 0.111. The first-order chi connectivity index (χ1) is 6.20. The molecule has 1 aromatic rings. The Morgan fingerprint density at radius 1 is 1.54 bits per heavy atom. The summed E-state index contributed by atoms with van der Waals surface area (Å²) >= 11 is 5.76. The van der Waals surface area contributed by atoms with Gasteiger partial charge in [0.25, 0.3) is 0 Å². The maximum absolute atomic E-state index is 11.0. The van der Waals surface area contributed by atoms with Gasteiger partial charge in [0.15, 0.2) is 0 Å². The van der Waals surface area contributed by atoms with Gasteiger partial charge >= 0.3 is 0 Å². The van der Waals surface area contributed by atoms with Crippen molar-refractivity contribution < 1.29 is 4.79 Å². The van der Waals surface area contributed by atoms with Crippen LogP contribution in [-0.2, 0) is 11.2 Å². The van der Waals surface area contributed by atoms with Crippen molar-refractivity contribution in [3.05, 3.63) is 28.3 Å². The number of amides is 1. The fourth-order valence-electron chi connectivity index (χ4n) is 1.40. The molecule has 1 aromatic carbocycles. The van der Waals surface area contributed by atoms with Crippen LogP contribution in [0.15, 0.2) is 12.1 Å². The van der Waals surface area contributed by atoms with E-state index in [0.29, 0.717) is 22.7 Å². The summed E-state index contributed by atoms with van der Waals surface area (Å²) in [7, 11) is 0. The average molecular weight is 193 g/mol. The molecule has 3 nitrogen and oxygen atoms in total.